The van der Waals surface area contributed by atoms with E-state index in [0.717, 1.165) is 6.07 Å². The molecular weight excluding hydrogens is 273 g/mol. The molecule has 0 saturated heterocycles. The molecule has 0 saturated carbocycles. The van der Waals surface area contributed by atoms with Crippen LogP contribution < -0.4 is 4.74 Å². The van der Waals surface area contributed by atoms with E-state index in [9.17, 15) is 18.0 Å². The van der Waals surface area contributed by atoms with E-state index in [1.54, 1.807) is 6.92 Å². The number of ether oxygens (including phenoxy) is 1. The summed E-state index contributed by atoms with van der Waals surface area (Å²) in [4.78, 5) is 10.6. The molecule has 0 unspecified atom stereocenters. The normalized spacial score (nSPS) is 10.4. The van der Waals surface area contributed by atoms with Gasteiger partial charge in [-0.2, -0.15) is 0 Å². The van der Waals surface area contributed by atoms with Crippen LogP contribution in [0.1, 0.15) is 15.9 Å². The molecule has 6 heteroatoms. The molecule has 1 N–H and O–H groups in total. The van der Waals surface area contributed by atoms with Crippen molar-refractivity contribution < 1.29 is 27.8 Å². The third-order valence-corrected chi connectivity index (χ3v) is 2.54. The minimum atomic E-state index is -1.48. The Balaban J connectivity index is 2.44. The maximum atomic E-state index is 13.6. The summed E-state index contributed by atoms with van der Waals surface area (Å²) in [6.07, 6.45) is 0. The Bertz CT molecular complexity index is 660. The highest BCUT2D eigenvalue weighted by Crippen LogP contribution is 2.30. The maximum Gasteiger partial charge on any atom is 0.335 e. The number of rotatable bonds is 3. The van der Waals surface area contributed by atoms with E-state index in [1.807, 2.05) is 0 Å². The van der Waals surface area contributed by atoms with Crippen molar-refractivity contribution in [3.8, 4) is 11.5 Å². The lowest BCUT2D eigenvalue weighted by atomic mass is 10.2. The molecule has 0 aromatic heterocycles. The van der Waals surface area contributed by atoms with Gasteiger partial charge in [0.15, 0.2) is 29.0 Å². The summed E-state index contributed by atoms with van der Waals surface area (Å²) in [5.41, 5.74) is 0.0847. The molecule has 0 spiro atoms. The molecule has 0 aliphatic heterocycles. The van der Waals surface area contributed by atoms with Crippen LogP contribution in [-0.2, 0) is 0 Å². The molecule has 3 nitrogen and oxygen atoms in total. The summed E-state index contributed by atoms with van der Waals surface area (Å²) < 4.78 is 45.6. The highest BCUT2D eigenvalue weighted by Gasteiger charge is 2.18. The first-order chi connectivity index (χ1) is 9.38. The lowest BCUT2D eigenvalue weighted by Crippen LogP contribution is -2.01. The van der Waals surface area contributed by atoms with Gasteiger partial charge in [0.05, 0.1) is 5.56 Å². The van der Waals surface area contributed by atoms with E-state index >= 15 is 0 Å². The van der Waals surface area contributed by atoms with Crippen molar-refractivity contribution >= 4 is 5.97 Å². The van der Waals surface area contributed by atoms with Gasteiger partial charge in [0, 0.05) is 0 Å². The molecule has 0 aliphatic carbocycles. The lowest BCUT2D eigenvalue weighted by molar-refractivity contribution is 0.0695. The molecule has 0 heterocycles. The van der Waals surface area contributed by atoms with Crippen LogP contribution in [0, 0.1) is 24.4 Å². The van der Waals surface area contributed by atoms with Gasteiger partial charge < -0.3 is 9.84 Å². The van der Waals surface area contributed by atoms with E-state index < -0.39 is 34.7 Å². The SMILES string of the molecule is Cc1ccc(F)c(Oc2c(F)cc(C(=O)O)cc2F)c1. The van der Waals surface area contributed by atoms with Gasteiger partial charge >= 0.3 is 5.97 Å². The molecule has 0 fully saturated rings. The zero-order chi connectivity index (χ0) is 14.9. The average molecular weight is 282 g/mol. The molecule has 20 heavy (non-hydrogen) atoms. The zero-order valence-corrected chi connectivity index (χ0v) is 10.3. The van der Waals surface area contributed by atoms with Crippen LogP contribution >= 0.6 is 0 Å². The fourth-order valence-corrected chi connectivity index (χ4v) is 1.58. The Morgan fingerprint density at radius 3 is 2.20 bits per heavy atom. The number of hydrogen-bond acceptors (Lipinski definition) is 2. The lowest BCUT2D eigenvalue weighted by Gasteiger charge is -2.10. The first-order valence-corrected chi connectivity index (χ1v) is 5.55. The van der Waals surface area contributed by atoms with E-state index in [4.69, 9.17) is 9.84 Å². The molecule has 0 atom stereocenters. The molecule has 0 radical (unpaired) electrons. The highest BCUT2D eigenvalue weighted by atomic mass is 19.1. The van der Waals surface area contributed by atoms with Crippen molar-refractivity contribution in [2.75, 3.05) is 0 Å². The Morgan fingerprint density at radius 1 is 1.05 bits per heavy atom. The van der Waals surface area contributed by atoms with Crippen molar-refractivity contribution in [2.24, 2.45) is 0 Å². The Hall–Kier alpha value is -2.50. The third kappa shape index (κ3) is 2.74. The average Bonchev–Trinajstić information content (AvgIpc) is 2.37. The Labute approximate surface area is 112 Å². The van der Waals surface area contributed by atoms with Gasteiger partial charge in [0.2, 0.25) is 0 Å². The second-order valence-corrected chi connectivity index (χ2v) is 4.11. The Morgan fingerprint density at radius 2 is 1.65 bits per heavy atom. The quantitative estimate of drug-likeness (QED) is 0.928. The minimum Gasteiger partial charge on any atom is -0.478 e. The van der Waals surface area contributed by atoms with Gasteiger partial charge in [-0.25, -0.2) is 18.0 Å². The number of hydrogen-bond donors (Lipinski definition) is 1. The summed E-state index contributed by atoms with van der Waals surface area (Å²) in [6.45, 7) is 1.66. The summed E-state index contributed by atoms with van der Waals surface area (Å²) in [6, 6.07) is 5.07. The van der Waals surface area contributed by atoms with Gasteiger partial charge in [-0.05, 0) is 36.8 Å². The summed E-state index contributed by atoms with van der Waals surface area (Å²) in [5.74, 6) is -5.88. The van der Waals surface area contributed by atoms with Crippen LogP contribution in [0.15, 0.2) is 30.3 Å². The number of benzene rings is 2. The zero-order valence-electron chi connectivity index (χ0n) is 10.3. The van der Waals surface area contributed by atoms with Crippen LogP contribution in [-0.4, -0.2) is 11.1 Å². The topological polar surface area (TPSA) is 46.5 Å². The highest BCUT2D eigenvalue weighted by molar-refractivity contribution is 5.87. The molecule has 0 amide bonds. The largest absolute Gasteiger partial charge is 0.478 e. The fraction of sp³-hybridized carbons (Fsp3) is 0.0714. The van der Waals surface area contributed by atoms with Crippen molar-refractivity contribution in [1.29, 1.82) is 0 Å². The first kappa shape index (κ1) is 13.9. The molecule has 2 aromatic carbocycles. The van der Waals surface area contributed by atoms with Crippen LogP contribution in [0.2, 0.25) is 0 Å². The van der Waals surface area contributed by atoms with Crippen molar-refractivity contribution in [3.63, 3.8) is 0 Å². The Kier molecular flexibility index (Phi) is 3.65. The number of aryl methyl sites for hydroxylation is 1. The second-order valence-electron chi connectivity index (χ2n) is 4.11. The predicted octanol–water partition coefficient (Wildman–Crippen LogP) is 3.90. The van der Waals surface area contributed by atoms with Crippen molar-refractivity contribution in [1.82, 2.24) is 0 Å². The van der Waals surface area contributed by atoms with Crippen molar-refractivity contribution in [2.45, 2.75) is 6.92 Å². The van der Waals surface area contributed by atoms with E-state index in [-0.39, 0.29) is 5.75 Å². The van der Waals surface area contributed by atoms with Crippen LogP contribution in [0.5, 0.6) is 11.5 Å². The smallest absolute Gasteiger partial charge is 0.335 e. The first-order valence-electron chi connectivity index (χ1n) is 5.55. The number of carboxylic acids is 1. The molecule has 2 aromatic rings. The van der Waals surface area contributed by atoms with E-state index in [2.05, 4.69) is 0 Å². The van der Waals surface area contributed by atoms with E-state index in [0.29, 0.717) is 17.7 Å². The van der Waals surface area contributed by atoms with Crippen molar-refractivity contribution in [3.05, 3.63) is 58.9 Å². The van der Waals surface area contributed by atoms with Crippen LogP contribution in [0.4, 0.5) is 13.2 Å². The fourth-order valence-electron chi connectivity index (χ4n) is 1.58. The van der Waals surface area contributed by atoms with E-state index in [1.165, 1.54) is 12.1 Å². The summed E-state index contributed by atoms with van der Waals surface area (Å²) >= 11 is 0. The monoisotopic (exact) mass is 282 g/mol. The standard InChI is InChI=1S/C14H9F3O3/c1-7-2-3-9(15)12(4-7)20-13-10(16)5-8(14(18)19)6-11(13)17/h2-6H,1H3,(H,18,19). The molecule has 2 rings (SSSR count). The molecule has 0 aliphatic rings. The summed E-state index contributed by atoms with van der Waals surface area (Å²) in [5, 5.41) is 8.66. The predicted molar refractivity (Wildman–Crippen MR) is 64.5 cm³/mol. The van der Waals surface area contributed by atoms with Gasteiger partial charge in [-0.15, -0.1) is 0 Å². The van der Waals surface area contributed by atoms with Gasteiger partial charge in [0.1, 0.15) is 0 Å². The number of carboxylic acid groups (broad SMARTS) is 1. The van der Waals surface area contributed by atoms with Crippen LogP contribution in [0.25, 0.3) is 0 Å². The number of aromatic carboxylic acids is 1. The third-order valence-electron chi connectivity index (χ3n) is 2.54. The maximum absolute atomic E-state index is 13.6. The van der Waals surface area contributed by atoms with Gasteiger partial charge in [-0.3, -0.25) is 0 Å². The molecule has 104 valence electrons. The van der Waals surface area contributed by atoms with Gasteiger partial charge in [0.25, 0.3) is 0 Å². The molecule has 0 bridgehead atoms. The second kappa shape index (κ2) is 5.24. The van der Waals surface area contributed by atoms with Crippen LogP contribution in [0.3, 0.4) is 0 Å². The number of carbonyl (C=O) groups is 1. The number of halogens is 3. The molecular formula is C14H9F3O3. The minimum absolute atomic E-state index is 0.342. The summed E-state index contributed by atoms with van der Waals surface area (Å²) in [7, 11) is 0. The van der Waals surface area contributed by atoms with Gasteiger partial charge in [-0.1, -0.05) is 6.07 Å².